The Morgan fingerprint density at radius 3 is 2.74 bits per heavy atom. The number of hydrogen-bond acceptors (Lipinski definition) is 3. The van der Waals surface area contributed by atoms with Crippen LogP contribution < -0.4 is 5.32 Å². The van der Waals surface area contributed by atoms with Crippen molar-refractivity contribution in [2.45, 2.75) is 25.8 Å². The predicted molar refractivity (Wildman–Crippen MR) is 77.9 cm³/mol. The summed E-state index contributed by atoms with van der Waals surface area (Å²) in [7, 11) is 0. The second-order valence-corrected chi connectivity index (χ2v) is 5.68. The first-order valence-corrected chi connectivity index (χ1v) is 7.56. The van der Waals surface area contributed by atoms with E-state index in [1.54, 1.807) is 6.07 Å². The fourth-order valence-corrected chi connectivity index (χ4v) is 2.99. The molecule has 0 saturated carbocycles. The van der Waals surface area contributed by atoms with Crippen molar-refractivity contribution < 1.29 is 9.50 Å². The molecule has 19 heavy (non-hydrogen) atoms. The molecular weight excluding hydrogens is 311 g/mol. The second-order valence-electron chi connectivity index (χ2n) is 4.89. The van der Waals surface area contributed by atoms with E-state index < -0.39 is 5.82 Å². The fraction of sp³-hybridized carbons (Fsp3) is 0.571. The predicted octanol–water partition coefficient (Wildman–Crippen LogP) is 3.04. The molecule has 0 unspecified atom stereocenters. The van der Waals surface area contributed by atoms with Crippen molar-refractivity contribution in [3.05, 3.63) is 28.0 Å². The van der Waals surface area contributed by atoms with Gasteiger partial charge >= 0.3 is 0 Å². The third kappa shape index (κ3) is 3.27. The molecule has 0 amide bonds. The maximum atomic E-state index is 13.4. The summed E-state index contributed by atoms with van der Waals surface area (Å²) in [4.78, 5) is 2.36. The highest BCUT2D eigenvalue weighted by Gasteiger charge is 2.25. The van der Waals surface area contributed by atoms with Crippen molar-refractivity contribution in [2.24, 2.45) is 0 Å². The second kappa shape index (κ2) is 6.68. The number of halogens is 2. The van der Waals surface area contributed by atoms with Crippen molar-refractivity contribution in [2.75, 3.05) is 26.2 Å². The number of benzene rings is 1. The molecule has 1 aromatic rings. The van der Waals surface area contributed by atoms with Crippen LogP contribution in [0.2, 0.25) is 0 Å². The smallest absolute Gasteiger partial charge is 0.141 e. The average Bonchev–Trinajstić information content (AvgIpc) is 2.44. The molecule has 0 aliphatic carbocycles. The zero-order valence-corrected chi connectivity index (χ0v) is 12.7. The topological polar surface area (TPSA) is 35.5 Å². The lowest BCUT2D eigenvalue weighted by Gasteiger charge is -2.35. The highest BCUT2D eigenvalue weighted by molar-refractivity contribution is 9.10. The molecule has 0 aromatic heterocycles. The average molecular weight is 331 g/mol. The van der Waals surface area contributed by atoms with Crippen LogP contribution in [0.1, 0.15) is 31.4 Å². The minimum Gasteiger partial charge on any atom is -0.506 e. The zero-order valence-electron chi connectivity index (χ0n) is 11.1. The number of piperazine rings is 1. The minimum atomic E-state index is -0.420. The Labute approximate surface area is 121 Å². The van der Waals surface area contributed by atoms with E-state index in [0.717, 1.165) is 44.6 Å². The van der Waals surface area contributed by atoms with Gasteiger partial charge in [0.2, 0.25) is 0 Å². The number of nitrogens with zero attached hydrogens (tertiary/aromatic N) is 1. The van der Waals surface area contributed by atoms with Crippen molar-refractivity contribution in [1.29, 1.82) is 0 Å². The largest absolute Gasteiger partial charge is 0.506 e. The highest BCUT2D eigenvalue weighted by atomic mass is 79.9. The molecule has 1 heterocycles. The van der Waals surface area contributed by atoms with E-state index in [4.69, 9.17) is 0 Å². The molecule has 1 aromatic carbocycles. The van der Waals surface area contributed by atoms with Crippen molar-refractivity contribution in [1.82, 2.24) is 10.2 Å². The van der Waals surface area contributed by atoms with Gasteiger partial charge in [-0.15, -0.1) is 0 Å². The Hall–Kier alpha value is -0.650. The van der Waals surface area contributed by atoms with Crippen LogP contribution in [0.5, 0.6) is 5.75 Å². The Kier molecular flexibility index (Phi) is 5.19. The molecule has 0 spiro atoms. The van der Waals surface area contributed by atoms with Gasteiger partial charge in [-0.1, -0.05) is 19.4 Å². The van der Waals surface area contributed by atoms with Crippen molar-refractivity contribution in [3.63, 3.8) is 0 Å². The molecule has 0 radical (unpaired) electrons. The standard InChI is InChI=1S/C14H20BrFN2O/c1-2-3-12(18-8-6-17-7-9-18)10-4-5-11(16)13(15)14(10)19/h4-5,12,17,19H,2-3,6-9H2,1H3/t12-/m0/s1. The van der Waals surface area contributed by atoms with Crippen LogP contribution >= 0.6 is 15.9 Å². The quantitative estimate of drug-likeness (QED) is 0.890. The number of phenolic OH excluding ortho intramolecular Hbond substituents is 1. The Morgan fingerprint density at radius 2 is 2.11 bits per heavy atom. The monoisotopic (exact) mass is 330 g/mol. The zero-order chi connectivity index (χ0) is 13.8. The van der Waals surface area contributed by atoms with Crippen LogP contribution in [-0.2, 0) is 0 Å². The Bertz CT molecular complexity index is 436. The van der Waals surface area contributed by atoms with Gasteiger partial charge < -0.3 is 10.4 Å². The summed E-state index contributed by atoms with van der Waals surface area (Å²) in [6.45, 7) is 5.97. The molecule has 0 bridgehead atoms. The van der Waals surface area contributed by atoms with Gasteiger partial charge in [0.25, 0.3) is 0 Å². The lowest BCUT2D eigenvalue weighted by atomic mass is 9.99. The minimum absolute atomic E-state index is 0.0389. The fourth-order valence-electron chi connectivity index (χ4n) is 2.63. The molecule has 1 atom stereocenters. The summed E-state index contributed by atoms with van der Waals surface area (Å²) in [5.74, 6) is -0.381. The van der Waals surface area contributed by atoms with Crippen LogP contribution in [0.25, 0.3) is 0 Å². The maximum absolute atomic E-state index is 13.4. The molecule has 2 N–H and O–H groups in total. The number of rotatable bonds is 4. The molecule has 5 heteroatoms. The van der Waals surface area contributed by atoms with E-state index in [1.165, 1.54) is 6.07 Å². The number of nitrogens with one attached hydrogen (secondary N) is 1. The van der Waals surface area contributed by atoms with E-state index in [9.17, 15) is 9.50 Å². The van der Waals surface area contributed by atoms with Crippen LogP contribution in [0.3, 0.4) is 0 Å². The van der Waals surface area contributed by atoms with Gasteiger partial charge in [-0.2, -0.15) is 0 Å². The first-order chi connectivity index (χ1) is 9.15. The molecule has 1 saturated heterocycles. The molecule has 3 nitrogen and oxygen atoms in total. The number of phenols is 1. The third-order valence-corrected chi connectivity index (χ3v) is 4.37. The molecule has 1 fully saturated rings. The van der Waals surface area contributed by atoms with Gasteiger partial charge in [-0.05, 0) is 28.4 Å². The summed E-state index contributed by atoms with van der Waals surface area (Å²) in [6.07, 6.45) is 1.99. The van der Waals surface area contributed by atoms with Crippen LogP contribution in [0.15, 0.2) is 16.6 Å². The van der Waals surface area contributed by atoms with Gasteiger partial charge in [0.05, 0.1) is 4.47 Å². The van der Waals surface area contributed by atoms with Gasteiger partial charge in [-0.3, -0.25) is 4.90 Å². The summed E-state index contributed by atoms with van der Waals surface area (Å²) in [6, 6.07) is 3.28. The molecule has 1 aliphatic heterocycles. The van der Waals surface area contributed by atoms with Crippen molar-refractivity contribution in [3.8, 4) is 5.75 Å². The lowest BCUT2D eigenvalue weighted by Crippen LogP contribution is -2.45. The number of hydrogen-bond donors (Lipinski definition) is 2. The van der Waals surface area contributed by atoms with Crippen LogP contribution in [0.4, 0.5) is 4.39 Å². The van der Waals surface area contributed by atoms with E-state index in [-0.39, 0.29) is 16.3 Å². The van der Waals surface area contributed by atoms with Gasteiger partial charge in [0.1, 0.15) is 11.6 Å². The van der Waals surface area contributed by atoms with E-state index >= 15 is 0 Å². The Balaban J connectivity index is 2.30. The Morgan fingerprint density at radius 1 is 1.42 bits per heavy atom. The summed E-state index contributed by atoms with van der Waals surface area (Å²) in [5, 5.41) is 13.5. The van der Waals surface area contributed by atoms with E-state index in [2.05, 4.69) is 33.1 Å². The van der Waals surface area contributed by atoms with Crippen molar-refractivity contribution >= 4 is 15.9 Å². The lowest BCUT2D eigenvalue weighted by molar-refractivity contribution is 0.162. The number of aromatic hydroxyl groups is 1. The SMILES string of the molecule is CCC[C@@H](c1ccc(F)c(Br)c1O)N1CCNCC1. The maximum Gasteiger partial charge on any atom is 0.141 e. The van der Waals surface area contributed by atoms with Crippen LogP contribution in [-0.4, -0.2) is 36.2 Å². The molecule has 1 aliphatic rings. The van der Waals surface area contributed by atoms with Gasteiger partial charge in [0, 0.05) is 37.8 Å². The van der Waals surface area contributed by atoms with E-state index in [1.807, 2.05) is 0 Å². The normalized spacial score (nSPS) is 18.5. The third-order valence-electron chi connectivity index (χ3n) is 3.61. The molecule has 2 rings (SSSR count). The summed E-state index contributed by atoms with van der Waals surface area (Å²) >= 11 is 3.12. The first-order valence-electron chi connectivity index (χ1n) is 6.76. The molecular formula is C14H20BrFN2O. The summed E-state index contributed by atoms with van der Waals surface area (Å²) < 4.78 is 13.6. The van der Waals surface area contributed by atoms with E-state index in [0.29, 0.717) is 0 Å². The van der Waals surface area contributed by atoms with Crippen LogP contribution in [0, 0.1) is 5.82 Å². The summed E-state index contributed by atoms with van der Waals surface area (Å²) in [5.41, 5.74) is 0.817. The van der Waals surface area contributed by atoms with Gasteiger partial charge in [0.15, 0.2) is 0 Å². The highest BCUT2D eigenvalue weighted by Crippen LogP contribution is 2.38. The van der Waals surface area contributed by atoms with Gasteiger partial charge in [-0.25, -0.2) is 4.39 Å². The molecule has 106 valence electrons. The first kappa shape index (κ1) is 14.8.